The SMILES string of the molecule is CCOC(=O)CON=C(C(=O)NC1C(=O)N2C(C(=O)[O-])=C(C[n+]3ccc4sccc4c3)CS[C@@H]12)c1cc(N)n[nH]1. The fourth-order valence-electron chi connectivity index (χ4n) is 4.30. The van der Waals surface area contributed by atoms with Crippen molar-refractivity contribution in [1.29, 1.82) is 0 Å². The molecule has 2 atom stereocenters. The summed E-state index contributed by atoms with van der Waals surface area (Å²) in [5.41, 5.74) is 5.71. The number of oxime groups is 1. The summed E-state index contributed by atoms with van der Waals surface area (Å²) in [6.45, 7) is 1.47. The van der Waals surface area contributed by atoms with Crippen LogP contribution in [0.25, 0.3) is 10.1 Å². The average molecular weight is 586 g/mol. The molecule has 4 N–H and O–H groups in total. The number of carbonyl (C=O) groups is 4. The summed E-state index contributed by atoms with van der Waals surface area (Å²) in [5.74, 6) is -3.23. The van der Waals surface area contributed by atoms with Crippen molar-refractivity contribution < 1.29 is 38.4 Å². The van der Waals surface area contributed by atoms with E-state index in [1.165, 1.54) is 17.8 Å². The lowest BCUT2D eigenvalue weighted by molar-refractivity contribution is -0.687. The number of carboxylic acid groups (broad SMARTS) is 1. The van der Waals surface area contributed by atoms with E-state index in [4.69, 9.17) is 15.3 Å². The highest BCUT2D eigenvalue weighted by atomic mass is 32.2. The number of nitrogens with one attached hydrogen (secondary N) is 2. The molecular formula is C24H23N7O7S2. The molecule has 14 nitrogen and oxygen atoms in total. The lowest BCUT2D eigenvalue weighted by Gasteiger charge is -2.50. The van der Waals surface area contributed by atoms with E-state index in [0.717, 1.165) is 15.0 Å². The van der Waals surface area contributed by atoms with E-state index in [0.29, 0.717) is 11.3 Å². The number of fused-ring (bicyclic) bond motifs is 2. The van der Waals surface area contributed by atoms with Crippen LogP contribution in [0.15, 0.2) is 52.4 Å². The number of carboxylic acids is 1. The number of thioether (sulfide) groups is 1. The van der Waals surface area contributed by atoms with Gasteiger partial charge in [0.05, 0.1) is 29.4 Å². The molecule has 1 unspecified atom stereocenters. The molecule has 2 aliphatic heterocycles. The van der Waals surface area contributed by atoms with Gasteiger partial charge in [0.2, 0.25) is 6.61 Å². The summed E-state index contributed by atoms with van der Waals surface area (Å²) in [5, 5.41) is 27.0. The Hall–Kier alpha value is -4.44. The van der Waals surface area contributed by atoms with Gasteiger partial charge in [-0.25, -0.2) is 9.36 Å². The number of H-pyrrole nitrogens is 1. The maximum atomic E-state index is 13.1. The fraction of sp³-hybridized carbons (Fsp3) is 0.292. The van der Waals surface area contributed by atoms with Crippen LogP contribution in [0.2, 0.25) is 0 Å². The van der Waals surface area contributed by atoms with Gasteiger partial charge in [0.1, 0.15) is 17.2 Å². The molecule has 1 fully saturated rings. The third-order valence-electron chi connectivity index (χ3n) is 6.06. The van der Waals surface area contributed by atoms with Gasteiger partial charge in [0, 0.05) is 28.2 Å². The Morgan fingerprint density at radius 1 is 1.38 bits per heavy atom. The molecule has 0 spiro atoms. The standard InChI is InChI=1S/C24H23N7O7S2/c1-2-37-17(32)10-38-29-18(14-7-16(25)28-27-14)21(33)26-19-22(34)31-20(24(35)36)13(11-40-23(19)31)9-30-5-3-15-12(8-30)4-6-39-15/h3-8,19,23H,2,9-11H2,1H3,(H4-,25,26,27,28,29,33,35,36)/t19?,23-/m0/s1. The highest BCUT2D eigenvalue weighted by Gasteiger charge is 2.53. The minimum absolute atomic E-state index is 0.0712. The van der Waals surface area contributed by atoms with E-state index in [1.54, 1.807) is 18.3 Å². The maximum absolute atomic E-state index is 13.1. The highest BCUT2D eigenvalue weighted by Crippen LogP contribution is 2.40. The van der Waals surface area contributed by atoms with Gasteiger partial charge in [-0.2, -0.15) is 5.10 Å². The van der Waals surface area contributed by atoms with Crippen molar-refractivity contribution >= 4 is 68.5 Å². The molecule has 0 aliphatic carbocycles. The van der Waals surface area contributed by atoms with Crippen molar-refractivity contribution in [3.63, 3.8) is 0 Å². The molecule has 0 saturated carbocycles. The number of thiophene rings is 1. The number of β-lactam (4-membered cyclic amide) rings is 1. The summed E-state index contributed by atoms with van der Waals surface area (Å²) >= 11 is 2.92. The molecule has 2 amide bonds. The number of pyridine rings is 1. The molecule has 208 valence electrons. The number of nitrogens with zero attached hydrogens (tertiary/aromatic N) is 4. The number of anilines is 1. The third-order valence-corrected chi connectivity index (χ3v) is 8.30. The summed E-state index contributed by atoms with van der Waals surface area (Å²) in [6.07, 6.45) is 3.76. The van der Waals surface area contributed by atoms with Crippen molar-refractivity contribution in [1.82, 2.24) is 20.4 Å². The number of esters is 1. The third kappa shape index (κ3) is 5.35. The van der Waals surface area contributed by atoms with Crippen LogP contribution < -0.4 is 20.7 Å². The Labute approximate surface area is 234 Å². The van der Waals surface area contributed by atoms with Crippen molar-refractivity contribution in [2.75, 3.05) is 24.7 Å². The summed E-state index contributed by atoms with van der Waals surface area (Å²) in [6, 6.07) is 4.20. The quantitative estimate of drug-likeness (QED) is 0.0862. The molecule has 0 aromatic carbocycles. The van der Waals surface area contributed by atoms with Gasteiger partial charge < -0.3 is 30.5 Å². The number of aliphatic carboxylic acids is 1. The number of aromatic nitrogens is 3. The van der Waals surface area contributed by atoms with Crippen LogP contribution in [0.4, 0.5) is 5.82 Å². The number of hydrogen-bond acceptors (Lipinski definition) is 12. The van der Waals surface area contributed by atoms with Crippen LogP contribution in [-0.4, -0.2) is 74.9 Å². The first-order valence-corrected chi connectivity index (χ1v) is 13.9. The molecule has 5 heterocycles. The Kier molecular flexibility index (Phi) is 7.70. The van der Waals surface area contributed by atoms with Crippen LogP contribution in [0, 0.1) is 0 Å². The van der Waals surface area contributed by atoms with E-state index >= 15 is 0 Å². The smallest absolute Gasteiger partial charge is 0.347 e. The minimum atomic E-state index is -1.47. The second-order valence-electron chi connectivity index (χ2n) is 8.68. The van der Waals surface area contributed by atoms with Gasteiger partial charge in [0.25, 0.3) is 11.8 Å². The molecule has 1 saturated heterocycles. The largest absolute Gasteiger partial charge is 0.543 e. The Morgan fingerprint density at radius 3 is 2.92 bits per heavy atom. The lowest BCUT2D eigenvalue weighted by Crippen LogP contribution is -2.71. The number of nitrogens with two attached hydrogens (primary N) is 1. The van der Waals surface area contributed by atoms with Crippen LogP contribution >= 0.6 is 23.1 Å². The van der Waals surface area contributed by atoms with Gasteiger partial charge in [-0.3, -0.25) is 19.6 Å². The first-order chi connectivity index (χ1) is 19.3. The molecule has 2 aliphatic rings. The number of aromatic amines is 1. The van der Waals surface area contributed by atoms with E-state index in [9.17, 15) is 24.3 Å². The molecular weight excluding hydrogens is 562 g/mol. The summed E-state index contributed by atoms with van der Waals surface area (Å²) < 4.78 is 7.72. The van der Waals surface area contributed by atoms with Crippen LogP contribution in [-0.2, 0) is 35.3 Å². The summed E-state index contributed by atoms with van der Waals surface area (Å²) in [7, 11) is 0. The zero-order valence-electron chi connectivity index (χ0n) is 21.0. The number of rotatable bonds is 10. The van der Waals surface area contributed by atoms with Crippen LogP contribution in [0.1, 0.15) is 12.6 Å². The second-order valence-corrected chi connectivity index (χ2v) is 10.7. The average Bonchev–Trinajstić information content (AvgIpc) is 3.57. The van der Waals surface area contributed by atoms with E-state index in [2.05, 4.69) is 20.7 Å². The molecule has 3 aromatic heterocycles. The molecule has 0 radical (unpaired) electrons. The van der Waals surface area contributed by atoms with Crippen molar-refractivity contribution in [3.8, 4) is 0 Å². The van der Waals surface area contributed by atoms with Gasteiger partial charge >= 0.3 is 5.97 Å². The maximum Gasteiger partial charge on any atom is 0.347 e. The zero-order chi connectivity index (χ0) is 28.4. The van der Waals surface area contributed by atoms with Gasteiger partial charge in [-0.15, -0.1) is 23.1 Å². The van der Waals surface area contributed by atoms with Crippen LogP contribution in [0.5, 0.6) is 0 Å². The van der Waals surface area contributed by atoms with Crippen molar-refractivity contribution in [2.24, 2.45) is 5.16 Å². The van der Waals surface area contributed by atoms with E-state index in [-0.39, 0.29) is 36.1 Å². The molecule has 5 rings (SSSR count). The van der Waals surface area contributed by atoms with E-state index < -0.39 is 41.8 Å². The van der Waals surface area contributed by atoms with Crippen molar-refractivity contribution in [3.05, 3.63) is 52.9 Å². The molecule has 0 bridgehead atoms. The van der Waals surface area contributed by atoms with Gasteiger partial charge in [-0.05, 0) is 18.4 Å². The summed E-state index contributed by atoms with van der Waals surface area (Å²) in [4.78, 5) is 56.1. The number of ether oxygens (including phenoxy) is 1. The predicted octanol–water partition coefficient (Wildman–Crippen LogP) is -1.12. The van der Waals surface area contributed by atoms with Gasteiger partial charge in [0.15, 0.2) is 24.7 Å². The number of carbonyl (C=O) groups excluding carboxylic acids is 4. The second kappa shape index (κ2) is 11.4. The fourth-order valence-corrected chi connectivity index (χ4v) is 6.40. The Balaban J connectivity index is 1.32. The zero-order valence-corrected chi connectivity index (χ0v) is 22.6. The monoisotopic (exact) mass is 585 g/mol. The molecule has 16 heteroatoms. The number of hydrogen-bond donors (Lipinski definition) is 3. The van der Waals surface area contributed by atoms with Gasteiger partial charge in [-0.1, -0.05) is 5.16 Å². The Morgan fingerprint density at radius 2 is 2.20 bits per heavy atom. The number of amides is 2. The number of nitrogen functional groups attached to an aromatic ring is 1. The normalized spacial score (nSPS) is 18.8. The molecule has 40 heavy (non-hydrogen) atoms. The Bertz CT molecular complexity index is 1560. The topological polar surface area (TPSA) is 196 Å². The lowest BCUT2D eigenvalue weighted by atomic mass is 10.0. The predicted molar refractivity (Wildman–Crippen MR) is 141 cm³/mol. The first-order valence-electron chi connectivity index (χ1n) is 12.0. The highest BCUT2D eigenvalue weighted by molar-refractivity contribution is 8.00. The minimum Gasteiger partial charge on any atom is -0.543 e. The first kappa shape index (κ1) is 27.1. The van der Waals surface area contributed by atoms with E-state index in [1.807, 2.05) is 34.5 Å². The van der Waals surface area contributed by atoms with Crippen LogP contribution in [0.3, 0.4) is 0 Å². The van der Waals surface area contributed by atoms with Crippen molar-refractivity contribution in [2.45, 2.75) is 24.9 Å². The molecule has 3 aromatic rings.